The number of aryl methyl sites for hydroxylation is 3. The molecule has 1 N–H and O–H groups in total. The molecule has 1 unspecified atom stereocenters. The first kappa shape index (κ1) is 20.9. The number of Topliss-reactive ketones (excluding diaryl/α,β-unsaturated/α-hetero) is 1. The molecule has 2 aromatic carbocycles. The quantitative estimate of drug-likeness (QED) is 0.584. The molecule has 0 bridgehead atoms. The second-order valence-electron chi connectivity index (χ2n) is 7.95. The lowest BCUT2D eigenvalue weighted by Crippen LogP contribution is -2.43. The topological polar surface area (TPSA) is 80.0 Å². The number of amides is 1. The van der Waals surface area contributed by atoms with Crippen molar-refractivity contribution >= 4 is 17.4 Å². The van der Waals surface area contributed by atoms with Gasteiger partial charge in [-0.15, -0.1) is 0 Å². The van der Waals surface area contributed by atoms with Crippen molar-refractivity contribution in [3.8, 4) is 5.75 Å². The van der Waals surface area contributed by atoms with Crippen molar-refractivity contribution in [3.05, 3.63) is 82.8 Å². The summed E-state index contributed by atoms with van der Waals surface area (Å²) >= 11 is 0. The highest BCUT2D eigenvalue weighted by Crippen LogP contribution is 2.43. The molecule has 0 aliphatic carbocycles. The highest BCUT2D eigenvalue weighted by molar-refractivity contribution is 6.11. The summed E-state index contributed by atoms with van der Waals surface area (Å²) in [6.07, 6.45) is 1.16. The molecule has 1 atom stereocenters. The standard InChI is InChI=1S/C25H25NO5/c1-16-8-10-19(11-9-16)30-13-12-26-21-7-5-4-6-20(21)25(29,24(26)28)14-22(27)23-17(2)15-31-18(23)3/h4-11,15,29H,12-14H2,1-3H3. The van der Waals surface area contributed by atoms with Gasteiger partial charge >= 0.3 is 0 Å². The Hall–Kier alpha value is -3.38. The van der Waals surface area contributed by atoms with E-state index in [0.717, 1.165) is 5.56 Å². The van der Waals surface area contributed by atoms with E-state index in [9.17, 15) is 14.7 Å². The van der Waals surface area contributed by atoms with Gasteiger partial charge < -0.3 is 19.2 Å². The first-order valence-corrected chi connectivity index (χ1v) is 10.2. The third-order valence-electron chi connectivity index (χ3n) is 5.70. The number of anilines is 1. The minimum Gasteiger partial charge on any atom is -0.492 e. The molecule has 0 saturated carbocycles. The third-order valence-corrected chi connectivity index (χ3v) is 5.70. The van der Waals surface area contributed by atoms with Gasteiger partial charge in [-0.1, -0.05) is 35.9 Å². The molecule has 1 aromatic heterocycles. The summed E-state index contributed by atoms with van der Waals surface area (Å²) in [6.45, 7) is 5.98. The summed E-state index contributed by atoms with van der Waals surface area (Å²) in [7, 11) is 0. The minimum absolute atomic E-state index is 0.254. The van der Waals surface area contributed by atoms with Gasteiger partial charge in [0.1, 0.15) is 18.1 Å². The van der Waals surface area contributed by atoms with Crippen molar-refractivity contribution in [1.82, 2.24) is 0 Å². The van der Waals surface area contributed by atoms with Crippen LogP contribution in [-0.2, 0) is 10.4 Å². The normalized spacial score (nSPS) is 17.7. The molecule has 1 amide bonds. The fourth-order valence-corrected chi connectivity index (χ4v) is 4.10. The van der Waals surface area contributed by atoms with Gasteiger partial charge in [-0.2, -0.15) is 0 Å². The summed E-state index contributed by atoms with van der Waals surface area (Å²) in [5, 5.41) is 11.4. The maximum Gasteiger partial charge on any atom is 0.264 e. The molecule has 1 aliphatic rings. The smallest absolute Gasteiger partial charge is 0.264 e. The van der Waals surface area contributed by atoms with Crippen LogP contribution >= 0.6 is 0 Å². The number of ketones is 1. The number of hydrogen-bond donors (Lipinski definition) is 1. The van der Waals surface area contributed by atoms with E-state index < -0.39 is 11.5 Å². The van der Waals surface area contributed by atoms with Crippen LogP contribution in [0.1, 0.15) is 39.2 Å². The number of para-hydroxylation sites is 1. The van der Waals surface area contributed by atoms with Crippen LogP contribution < -0.4 is 9.64 Å². The average molecular weight is 419 g/mol. The lowest BCUT2D eigenvalue weighted by Gasteiger charge is -2.23. The molecule has 0 spiro atoms. The van der Waals surface area contributed by atoms with Crippen molar-refractivity contribution in [3.63, 3.8) is 0 Å². The first-order chi connectivity index (χ1) is 14.8. The SMILES string of the molecule is Cc1ccc(OCCN2C(=O)C(O)(CC(=O)c3c(C)coc3C)c3ccccc32)cc1. The number of nitrogens with zero attached hydrogens (tertiary/aromatic N) is 1. The van der Waals surface area contributed by atoms with E-state index >= 15 is 0 Å². The molecule has 3 aromatic rings. The number of rotatable bonds is 7. The monoisotopic (exact) mass is 419 g/mol. The lowest BCUT2D eigenvalue weighted by molar-refractivity contribution is -0.135. The molecule has 0 saturated heterocycles. The van der Waals surface area contributed by atoms with E-state index in [-0.39, 0.29) is 25.4 Å². The van der Waals surface area contributed by atoms with E-state index in [1.54, 1.807) is 38.1 Å². The minimum atomic E-state index is -1.92. The van der Waals surface area contributed by atoms with Gasteiger partial charge in [-0.05, 0) is 44.5 Å². The highest BCUT2D eigenvalue weighted by atomic mass is 16.5. The molecule has 0 fully saturated rings. The van der Waals surface area contributed by atoms with Crippen LogP contribution in [0.5, 0.6) is 5.75 Å². The Morgan fingerprint density at radius 1 is 1.10 bits per heavy atom. The van der Waals surface area contributed by atoms with Crippen molar-refractivity contribution in [2.45, 2.75) is 32.8 Å². The number of furan rings is 1. The number of carbonyl (C=O) groups is 2. The van der Waals surface area contributed by atoms with Gasteiger partial charge in [-0.3, -0.25) is 9.59 Å². The van der Waals surface area contributed by atoms with E-state index in [1.807, 2.05) is 31.2 Å². The number of ether oxygens (including phenoxy) is 1. The van der Waals surface area contributed by atoms with Crippen molar-refractivity contribution in [2.24, 2.45) is 0 Å². The maximum atomic E-state index is 13.3. The van der Waals surface area contributed by atoms with Gasteiger partial charge in [0.2, 0.25) is 0 Å². The number of aliphatic hydroxyl groups is 1. The highest BCUT2D eigenvalue weighted by Gasteiger charge is 2.51. The van der Waals surface area contributed by atoms with Crippen LogP contribution in [0, 0.1) is 20.8 Å². The second kappa shape index (κ2) is 8.04. The predicted octanol–water partition coefficient (Wildman–Crippen LogP) is 4.09. The Balaban J connectivity index is 1.55. The summed E-state index contributed by atoms with van der Waals surface area (Å²) in [4.78, 5) is 27.8. The average Bonchev–Trinajstić information content (AvgIpc) is 3.19. The number of fused-ring (bicyclic) bond motifs is 1. The second-order valence-corrected chi connectivity index (χ2v) is 7.95. The molecule has 6 heteroatoms. The number of carbonyl (C=O) groups excluding carboxylic acids is 2. The summed E-state index contributed by atoms with van der Waals surface area (Å²) in [6, 6.07) is 14.7. The molecule has 160 valence electrons. The van der Waals surface area contributed by atoms with E-state index in [4.69, 9.17) is 9.15 Å². The van der Waals surface area contributed by atoms with Gasteiger partial charge in [0.15, 0.2) is 11.4 Å². The Labute approximate surface area is 181 Å². The Morgan fingerprint density at radius 3 is 2.48 bits per heavy atom. The molecular weight excluding hydrogens is 394 g/mol. The zero-order valence-corrected chi connectivity index (χ0v) is 17.8. The first-order valence-electron chi connectivity index (χ1n) is 10.2. The van der Waals surface area contributed by atoms with Crippen LogP contribution in [0.3, 0.4) is 0 Å². The Kier molecular flexibility index (Phi) is 5.41. The maximum absolute atomic E-state index is 13.3. The van der Waals surface area contributed by atoms with Crippen LogP contribution in [0.2, 0.25) is 0 Å². The summed E-state index contributed by atoms with van der Waals surface area (Å²) in [5.41, 5.74) is 1.34. The van der Waals surface area contributed by atoms with E-state index in [2.05, 4.69) is 0 Å². The van der Waals surface area contributed by atoms with Crippen LogP contribution in [-0.4, -0.2) is 29.9 Å². The van der Waals surface area contributed by atoms with E-state index in [1.165, 1.54) is 11.2 Å². The summed E-state index contributed by atoms with van der Waals surface area (Å²) < 4.78 is 11.1. The van der Waals surface area contributed by atoms with Crippen molar-refractivity contribution in [2.75, 3.05) is 18.1 Å². The molecule has 2 heterocycles. The lowest BCUT2D eigenvalue weighted by atomic mass is 9.87. The Bertz CT molecular complexity index is 1110. The molecule has 1 aliphatic heterocycles. The number of benzene rings is 2. The molecular formula is C25H25NO5. The van der Waals surface area contributed by atoms with E-state index in [0.29, 0.717) is 33.9 Å². The summed E-state index contributed by atoms with van der Waals surface area (Å²) in [5.74, 6) is 0.343. The molecule has 0 radical (unpaired) electrons. The fourth-order valence-electron chi connectivity index (χ4n) is 4.10. The fraction of sp³-hybridized carbons (Fsp3) is 0.280. The van der Waals surface area contributed by atoms with Gasteiger partial charge in [0.25, 0.3) is 5.91 Å². The van der Waals surface area contributed by atoms with Crippen LogP contribution in [0.4, 0.5) is 5.69 Å². The van der Waals surface area contributed by atoms with Crippen molar-refractivity contribution < 1.29 is 23.8 Å². The van der Waals surface area contributed by atoms with Gasteiger partial charge in [0.05, 0.1) is 30.5 Å². The van der Waals surface area contributed by atoms with Crippen LogP contribution in [0.15, 0.2) is 59.2 Å². The van der Waals surface area contributed by atoms with Crippen molar-refractivity contribution in [1.29, 1.82) is 0 Å². The van der Waals surface area contributed by atoms with Gasteiger partial charge in [0, 0.05) is 5.56 Å². The van der Waals surface area contributed by atoms with Crippen LogP contribution in [0.25, 0.3) is 0 Å². The third kappa shape index (κ3) is 3.75. The molecule has 6 nitrogen and oxygen atoms in total. The zero-order valence-electron chi connectivity index (χ0n) is 17.8. The van der Waals surface area contributed by atoms with Gasteiger partial charge in [-0.25, -0.2) is 0 Å². The largest absolute Gasteiger partial charge is 0.492 e. The predicted molar refractivity (Wildman–Crippen MR) is 116 cm³/mol. The Morgan fingerprint density at radius 2 is 1.81 bits per heavy atom. The molecule has 31 heavy (non-hydrogen) atoms. The zero-order chi connectivity index (χ0) is 22.2. The molecule has 4 rings (SSSR count). The number of hydrogen-bond acceptors (Lipinski definition) is 5.